The van der Waals surface area contributed by atoms with Crippen molar-refractivity contribution in [1.82, 2.24) is 14.5 Å². The first kappa shape index (κ1) is 14.6. The molecule has 0 saturated carbocycles. The first-order valence-electron chi connectivity index (χ1n) is 7.34. The summed E-state index contributed by atoms with van der Waals surface area (Å²) < 4.78 is 29.3. The summed E-state index contributed by atoms with van der Waals surface area (Å²) in [4.78, 5) is 5.92. The zero-order valence-corrected chi connectivity index (χ0v) is 13.7. The van der Waals surface area contributed by atoms with Crippen molar-refractivity contribution >= 4 is 21.4 Å². The van der Waals surface area contributed by atoms with Crippen LogP contribution < -0.4 is 0 Å². The molecule has 2 aliphatic heterocycles. The van der Waals surface area contributed by atoms with Crippen LogP contribution in [-0.2, 0) is 10.0 Å². The smallest absolute Gasteiger partial charge is 0.278 e. The van der Waals surface area contributed by atoms with Crippen LogP contribution in [-0.4, -0.2) is 28.7 Å². The summed E-state index contributed by atoms with van der Waals surface area (Å²) in [6.07, 6.45) is 10.7. The van der Waals surface area contributed by atoms with Crippen LogP contribution >= 0.6 is 0 Å². The van der Waals surface area contributed by atoms with Gasteiger partial charge in [-0.25, -0.2) is 4.98 Å². The van der Waals surface area contributed by atoms with Gasteiger partial charge in [-0.05, 0) is 36.8 Å². The molecule has 0 fully saturated rings. The minimum absolute atomic E-state index is 0.409. The van der Waals surface area contributed by atoms with E-state index in [1.54, 1.807) is 17.4 Å². The lowest BCUT2D eigenvalue weighted by atomic mass is 10.0. The summed E-state index contributed by atoms with van der Waals surface area (Å²) in [5.41, 5.74) is 3.60. The minimum Gasteiger partial charge on any atom is -0.307 e. The summed E-state index contributed by atoms with van der Waals surface area (Å²) >= 11 is 0. The number of aryl methyl sites for hydroxylation is 1. The molecule has 0 N–H and O–H groups in total. The van der Waals surface area contributed by atoms with Crippen molar-refractivity contribution in [2.75, 3.05) is 0 Å². The summed E-state index contributed by atoms with van der Waals surface area (Å²) in [5.74, 6) is 0.409. The molecule has 7 heteroatoms. The topological polar surface area (TPSA) is 67.6 Å². The van der Waals surface area contributed by atoms with E-state index in [1.165, 1.54) is 6.20 Å². The molecule has 0 saturated heterocycles. The number of fused-ring (bicyclic) bond motifs is 1. The number of rotatable bonds is 2. The Balaban J connectivity index is 1.72. The molecule has 0 aliphatic carbocycles. The Morgan fingerprint density at radius 1 is 1.08 bits per heavy atom. The largest absolute Gasteiger partial charge is 0.307 e. The van der Waals surface area contributed by atoms with Gasteiger partial charge in [0.25, 0.3) is 10.0 Å². The molecule has 2 aromatic rings. The van der Waals surface area contributed by atoms with Crippen LogP contribution in [0.1, 0.15) is 11.3 Å². The SMILES string of the molecule is Cc1cn(-c2ccc(C3=CC=CN4C=CS(=O)(=O)N=C34)cc2)cn1. The lowest BCUT2D eigenvalue weighted by Gasteiger charge is -2.25. The molecule has 6 nitrogen and oxygen atoms in total. The first-order chi connectivity index (χ1) is 11.5. The van der Waals surface area contributed by atoms with Crippen molar-refractivity contribution in [3.63, 3.8) is 0 Å². The lowest BCUT2D eigenvalue weighted by Crippen LogP contribution is -2.27. The molecule has 0 unspecified atom stereocenters. The Bertz CT molecular complexity index is 1020. The van der Waals surface area contributed by atoms with Gasteiger partial charge in [-0.2, -0.15) is 8.42 Å². The van der Waals surface area contributed by atoms with E-state index in [4.69, 9.17) is 0 Å². The standard InChI is InChI=1S/C17H14N4O2S/c1-13-11-21(12-18-13)15-6-4-14(5-7-15)16-3-2-8-20-9-10-24(22,23)19-17(16)20/h2-12H,1H3. The Morgan fingerprint density at radius 2 is 1.88 bits per heavy atom. The Kier molecular flexibility index (Phi) is 3.24. The number of imidazole rings is 1. The van der Waals surface area contributed by atoms with Crippen LogP contribution in [0.4, 0.5) is 0 Å². The molecule has 3 heterocycles. The fourth-order valence-electron chi connectivity index (χ4n) is 2.63. The lowest BCUT2D eigenvalue weighted by molar-refractivity contribution is 0.602. The van der Waals surface area contributed by atoms with Crippen molar-refractivity contribution in [3.05, 3.63) is 78.0 Å². The molecule has 0 atom stereocenters. The Morgan fingerprint density at radius 3 is 2.58 bits per heavy atom. The Hall–Kier alpha value is -2.93. The van der Waals surface area contributed by atoms with Crippen molar-refractivity contribution in [1.29, 1.82) is 0 Å². The second-order valence-corrected chi connectivity index (χ2v) is 7.00. The molecule has 0 amide bonds. The number of sulfonamides is 1. The van der Waals surface area contributed by atoms with Gasteiger partial charge in [0.2, 0.25) is 0 Å². The van der Waals surface area contributed by atoms with E-state index in [-0.39, 0.29) is 0 Å². The summed E-state index contributed by atoms with van der Waals surface area (Å²) in [6, 6.07) is 7.82. The van der Waals surface area contributed by atoms with Gasteiger partial charge < -0.3 is 9.47 Å². The van der Waals surface area contributed by atoms with Crippen LogP contribution in [0.3, 0.4) is 0 Å². The average Bonchev–Trinajstić information content (AvgIpc) is 3.00. The van der Waals surface area contributed by atoms with E-state index >= 15 is 0 Å². The fraction of sp³-hybridized carbons (Fsp3) is 0.0588. The first-order valence-corrected chi connectivity index (χ1v) is 8.84. The maximum absolute atomic E-state index is 11.8. The second-order valence-electron chi connectivity index (χ2n) is 5.51. The number of nitrogens with zero attached hydrogens (tertiary/aromatic N) is 4. The summed E-state index contributed by atoms with van der Waals surface area (Å²) in [7, 11) is -3.56. The van der Waals surface area contributed by atoms with Crippen LogP contribution in [0.25, 0.3) is 11.3 Å². The highest BCUT2D eigenvalue weighted by Crippen LogP contribution is 2.26. The van der Waals surface area contributed by atoms with Crippen LogP contribution in [0.15, 0.2) is 71.1 Å². The molecular formula is C17H14N4O2S. The third kappa shape index (κ3) is 2.59. The highest BCUT2D eigenvalue weighted by Gasteiger charge is 2.23. The highest BCUT2D eigenvalue weighted by atomic mass is 32.2. The van der Waals surface area contributed by atoms with Crippen molar-refractivity contribution in [2.45, 2.75) is 6.92 Å². The number of amidine groups is 1. The Labute approximate surface area is 139 Å². The van der Waals surface area contributed by atoms with Gasteiger partial charge in [-0.15, -0.1) is 4.40 Å². The maximum atomic E-state index is 11.8. The van der Waals surface area contributed by atoms with Gasteiger partial charge in [-0.1, -0.05) is 12.1 Å². The third-order valence-electron chi connectivity index (χ3n) is 3.79. The molecule has 120 valence electrons. The number of aromatic nitrogens is 2. The van der Waals surface area contributed by atoms with Crippen molar-refractivity contribution in [2.24, 2.45) is 4.40 Å². The van der Waals surface area contributed by atoms with Gasteiger partial charge in [-0.3, -0.25) is 0 Å². The van der Waals surface area contributed by atoms with Gasteiger partial charge in [0, 0.05) is 29.9 Å². The summed E-state index contributed by atoms with van der Waals surface area (Å²) in [6.45, 7) is 1.94. The third-order valence-corrected chi connectivity index (χ3v) is 4.68. The molecule has 1 aromatic heterocycles. The number of hydrogen-bond donors (Lipinski definition) is 0. The van der Waals surface area contributed by atoms with Crippen molar-refractivity contribution in [3.8, 4) is 5.69 Å². The zero-order valence-electron chi connectivity index (χ0n) is 12.9. The van der Waals surface area contributed by atoms with E-state index in [0.717, 1.165) is 27.9 Å². The molecule has 1 aromatic carbocycles. The average molecular weight is 338 g/mol. The van der Waals surface area contributed by atoms with Crippen LogP contribution in [0.5, 0.6) is 0 Å². The minimum atomic E-state index is -3.56. The van der Waals surface area contributed by atoms with E-state index in [2.05, 4.69) is 9.38 Å². The molecule has 4 rings (SSSR count). The fourth-order valence-corrected chi connectivity index (χ4v) is 3.41. The van der Waals surface area contributed by atoms with Gasteiger partial charge in [0.1, 0.15) is 0 Å². The van der Waals surface area contributed by atoms with Crippen molar-refractivity contribution < 1.29 is 8.42 Å². The second kappa shape index (κ2) is 5.31. The summed E-state index contributed by atoms with van der Waals surface area (Å²) in [5, 5.41) is 1.09. The zero-order chi connectivity index (χ0) is 16.7. The number of hydrogen-bond acceptors (Lipinski definition) is 4. The normalized spacial score (nSPS) is 18.1. The molecule has 0 radical (unpaired) electrons. The quantitative estimate of drug-likeness (QED) is 0.844. The monoisotopic (exact) mass is 338 g/mol. The van der Waals surface area contributed by atoms with Gasteiger partial charge in [0.15, 0.2) is 5.84 Å². The van der Waals surface area contributed by atoms with E-state index < -0.39 is 10.0 Å². The van der Waals surface area contributed by atoms with E-state index in [9.17, 15) is 8.42 Å². The van der Waals surface area contributed by atoms with Gasteiger partial charge >= 0.3 is 0 Å². The predicted octanol–water partition coefficient (Wildman–Crippen LogP) is 2.61. The van der Waals surface area contributed by atoms with Crippen LogP contribution in [0, 0.1) is 6.92 Å². The highest BCUT2D eigenvalue weighted by molar-refractivity contribution is 7.93. The van der Waals surface area contributed by atoms with E-state index in [1.807, 2.05) is 54.1 Å². The molecule has 0 spiro atoms. The molecule has 0 bridgehead atoms. The van der Waals surface area contributed by atoms with Crippen LogP contribution in [0.2, 0.25) is 0 Å². The van der Waals surface area contributed by atoms with Gasteiger partial charge in [0.05, 0.1) is 17.4 Å². The molecule has 24 heavy (non-hydrogen) atoms. The molecular weight excluding hydrogens is 324 g/mol. The molecule has 2 aliphatic rings. The maximum Gasteiger partial charge on any atom is 0.278 e. The predicted molar refractivity (Wildman–Crippen MR) is 92.8 cm³/mol. The number of allylic oxidation sites excluding steroid dienone is 2. The number of benzene rings is 1. The van der Waals surface area contributed by atoms with E-state index in [0.29, 0.717) is 5.84 Å².